The van der Waals surface area contributed by atoms with Gasteiger partial charge >= 0.3 is 0 Å². The molecule has 0 radical (unpaired) electrons. The van der Waals surface area contributed by atoms with E-state index in [1.165, 1.54) is 11.1 Å². The number of hydrogen-bond acceptors (Lipinski definition) is 4. The van der Waals surface area contributed by atoms with Gasteiger partial charge in [0.2, 0.25) is 0 Å². The maximum atomic E-state index is 8.47. The molecule has 0 unspecified atom stereocenters. The summed E-state index contributed by atoms with van der Waals surface area (Å²) < 4.78 is 0. The summed E-state index contributed by atoms with van der Waals surface area (Å²) in [5.41, 5.74) is 18.6. The third-order valence-electron chi connectivity index (χ3n) is 8.60. The van der Waals surface area contributed by atoms with Crippen molar-refractivity contribution in [2.75, 3.05) is 5.73 Å². The van der Waals surface area contributed by atoms with E-state index >= 15 is 0 Å². The van der Waals surface area contributed by atoms with Gasteiger partial charge in [0, 0.05) is 28.4 Å². The molecule has 1 aromatic heterocycles. The first kappa shape index (κ1) is 31.0. The Hall–Kier alpha value is -6.65. The molecule has 0 spiro atoms. The van der Waals surface area contributed by atoms with Crippen molar-refractivity contribution in [2.24, 2.45) is 0 Å². The fraction of sp³-hybridized carbons (Fsp3) is 0. The van der Waals surface area contributed by atoms with Gasteiger partial charge in [-0.05, 0) is 80.9 Å². The molecule has 8 rings (SSSR count). The molecule has 4 N–H and O–H groups in total. The molecular weight excluding hydrogens is 597 g/mol. The van der Waals surface area contributed by atoms with Crippen LogP contribution in [0, 0.1) is 10.8 Å². The Balaban J connectivity index is 0.000000186. The van der Waals surface area contributed by atoms with Gasteiger partial charge in [0.15, 0.2) is 0 Å². The largest absolute Gasteiger partial charge is 0.399 e. The number of allylic oxidation sites excluding steroid dienone is 4. The SMILES string of the molecule is N=C1C=C(c2ccc(-c3ccccc3)cc2)C=C(c2ccc(-c3ccccc3)cc2)C1=N.Nc1ccc(-c2cnc3ccccc3c2)cc1. The number of fused-ring (bicyclic) bond motifs is 1. The molecule has 4 heteroatoms. The average Bonchev–Trinajstić information content (AvgIpc) is 3.17. The molecule has 49 heavy (non-hydrogen) atoms. The standard InChI is InChI=1S/C30H22N2.C15H12N2/c31-29-20-27(25-13-11-23(12-14-25)21-7-3-1-4-8-21)19-28(30(29)32)26-17-15-24(16-18-26)22-9-5-2-6-10-22;16-14-7-5-11(6-8-14)13-9-12-3-1-2-4-15(12)17-10-13/h1-20,31-32H;1-10H,16H2. The Morgan fingerprint density at radius 2 is 0.898 bits per heavy atom. The highest BCUT2D eigenvalue weighted by Gasteiger charge is 2.18. The molecule has 0 fully saturated rings. The van der Waals surface area contributed by atoms with Crippen LogP contribution in [-0.4, -0.2) is 16.4 Å². The predicted molar refractivity (Wildman–Crippen MR) is 207 cm³/mol. The number of nitrogen functional groups attached to an aromatic ring is 1. The number of hydrogen-bond donors (Lipinski definition) is 3. The van der Waals surface area contributed by atoms with Crippen LogP contribution in [0.1, 0.15) is 11.1 Å². The summed E-state index contributed by atoms with van der Waals surface area (Å²) in [4.78, 5) is 4.45. The summed E-state index contributed by atoms with van der Waals surface area (Å²) in [6.07, 6.45) is 5.70. The first-order valence-electron chi connectivity index (χ1n) is 16.2. The van der Waals surface area contributed by atoms with E-state index in [0.717, 1.165) is 61.1 Å². The fourth-order valence-electron chi connectivity index (χ4n) is 5.90. The van der Waals surface area contributed by atoms with Crippen LogP contribution in [0.3, 0.4) is 0 Å². The summed E-state index contributed by atoms with van der Waals surface area (Å²) >= 11 is 0. The molecular formula is C45H34N4. The molecule has 1 aliphatic rings. The Morgan fingerprint density at radius 1 is 0.429 bits per heavy atom. The first-order chi connectivity index (χ1) is 24.0. The average molecular weight is 631 g/mol. The van der Waals surface area contributed by atoms with Gasteiger partial charge in [0.1, 0.15) is 0 Å². The Morgan fingerprint density at radius 3 is 1.51 bits per heavy atom. The summed E-state index contributed by atoms with van der Waals surface area (Å²) in [5, 5.41) is 18.0. The number of benzene rings is 6. The second kappa shape index (κ2) is 14.0. The summed E-state index contributed by atoms with van der Waals surface area (Å²) in [6.45, 7) is 0. The number of rotatable bonds is 5. The zero-order chi connectivity index (χ0) is 33.6. The van der Waals surface area contributed by atoms with Crippen LogP contribution < -0.4 is 5.73 Å². The number of aromatic nitrogens is 1. The molecule has 0 saturated carbocycles. The number of nitrogens with two attached hydrogens (primary N) is 1. The second-order valence-corrected chi connectivity index (χ2v) is 11.9. The third-order valence-corrected chi connectivity index (χ3v) is 8.60. The summed E-state index contributed by atoms with van der Waals surface area (Å²) in [5.74, 6) is 0. The van der Waals surface area contributed by atoms with Gasteiger partial charge in [-0.25, -0.2) is 0 Å². The summed E-state index contributed by atoms with van der Waals surface area (Å²) in [7, 11) is 0. The first-order valence-corrected chi connectivity index (χ1v) is 16.2. The molecule has 234 valence electrons. The second-order valence-electron chi connectivity index (χ2n) is 11.9. The van der Waals surface area contributed by atoms with E-state index < -0.39 is 0 Å². The van der Waals surface area contributed by atoms with E-state index in [4.69, 9.17) is 16.6 Å². The molecule has 0 bridgehead atoms. The number of para-hydroxylation sites is 1. The molecule has 0 amide bonds. The minimum absolute atomic E-state index is 0.233. The fourth-order valence-corrected chi connectivity index (χ4v) is 5.90. The van der Waals surface area contributed by atoms with Gasteiger partial charge in [-0.3, -0.25) is 15.8 Å². The van der Waals surface area contributed by atoms with Gasteiger partial charge < -0.3 is 5.73 Å². The lowest BCUT2D eigenvalue weighted by Crippen LogP contribution is -2.15. The van der Waals surface area contributed by atoms with Crippen LogP contribution >= 0.6 is 0 Å². The molecule has 6 aromatic carbocycles. The number of nitrogens with one attached hydrogen (secondary N) is 2. The topological polar surface area (TPSA) is 86.6 Å². The maximum absolute atomic E-state index is 8.47. The Kier molecular flexibility index (Phi) is 8.85. The van der Waals surface area contributed by atoms with Crippen molar-refractivity contribution in [3.8, 4) is 33.4 Å². The van der Waals surface area contributed by atoms with Crippen molar-refractivity contribution in [3.63, 3.8) is 0 Å². The highest BCUT2D eigenvalue weighted by molar-refractivity contribution is 6.61. The zero-order valence-corrected chi connectivity index (χ0v) is 26.8. The van der Waals surface area contributed by atoms with Crippen LogP contribution in [0.4, 0.5) is 5.69 Å². The van der Waals surface area contributed by atoms with Crippen molar-refractivity contribution in [1.82, 2.24) is 4.98 Å². The predicted octanol–water partition coefficient (Wildman–Crippen LogP) is 11.0. The van der Waals surface area contributed by atoms with Crippen molar-refractivity contribution >= 4 is 39.2 Å². The van der Waals surface area contributed by atoms with Gasteiger partial charge in [0.25, 0.3) is 0 Å². The lowest BCUT2D eigenvalue weighted by atomic mass is 9.87. The van der Waals surface area contributed by atoms with Crippen molar-refractivity contribution in [3.05, 3.63) is 193 Å². The van der Waals surface area contributed by atoms with Crippen LogP contribution in [0.15, 0.2) is 182 Å². The molecule has 0 atom stereocenters. The molecule has 4 nitrogen and oxygen atoms in total. The number of pyridine rings is 1. The molecule has 1 aliphatic carbocycles. The summed E-state index contributed by atoms with van der Waals surface area (Å²) in [6, 6.07) is 55.3. The van der Waals surface area contributed by atoms with Gasteiger partial charge in [-0.2, -0.15) is 0 Å². The lowest BCUT2D eigenvalue weighted by molar-refractivity contribution is 1.41. The molecule has 7 aromatic rings. The molecule has 1 heterocycles. The molecule has 0 saturated heterocycles. The highest BCUT2D eigenvalue weighted by Crippen LogP contribution is 2.31. The van der Waals surface area contributed by atoms with Crippen LogP contribution in [0.5, 0.6) is 0 Å². The van der Waals surface area contributed by atoms with E-state index in [2.05, 4.69) is 77.8 Å². The van der Waals surface area contributed by atoms with Crippen molar-refractivity contribution in [1.29, 1.82) is 10.8 Å². The Labute approximate surface area is 286 Å². The van der Waals surface area contributed by atoms with Crippen LogP contribution in [-0.2, 0) is 0 Å². The van der Waals surface area contributed by atoms with Gasteiger partial charge in [-0.1, -0.05) is 140 Å². The minimum atomic E-state index is 0.233. The number of anilines is 1. The van der Waals surface area contributed by atoms with E-state index in [1.54, 1.807) is 6.08 Å². The smallest absolute Gasteiger partial charge is 0.0867 e. The van der Waals surface area contributed by atoms with Crippen molar-refractivity contribution < 1.29 is 0 Å². The van der Waals surface area contributed by atoms with E-state index in [-0.39, 0.29) is 11.4 Å². The minimum Gasteiger partial charge on any atom is -0.399 e. The maximum Gasteiger partial charge on any atom is 0.0867 e. The van der Waals surface area contributed by atoms with Crippen LogP contribution in [0.25, 0.3) is 55.4 Å². The quantitative estimate of drug-likeness (QED) is 0.131. The third kappa shape index (κ3) is 7.04. The van der Waals surface area contributed by atoms with Gasteiger partial charge in [0.05, 0.1) is 16.9 Å². The number of nitrogens with zero attached hydrogens (tertiary/aromatic N) is 1. The zero-order valence-electron chi connectivity index (χ0n) is 26.8. The Bertz CT molecular complexity index is 2320. The van der Waals surface area contributed by atoms with E-state index in [1.807, 2.05) is 103 Å². The van der Waals surface area contributed by atoms with Crippen LogP contribution in [0.2, 0.25) is 0 Å². The molecule has 0 aliphatic heterocycles. The van der Waals surface area contributed by atoms with E-state index in [9.17, 15) is 0 Å². The normalized spacial score (nSPS) is 12.5. The lowest BCUT2D eigenvalue weighted by Gasteiger charge is -2.17. The van der Waals surface area contributed by atoms with Crippen molar-refractivity contribution in [2.45, 2.75) is 0 Å². The monoisotopic (exact) mass is 630 g/mol. The van der Waals surface area contributed by atoms with Gasteiger partial charge in [-0.15, -0.1) is 0 Å². The highest BCUT2D eigenvalue weighted by atomic mass is 14.6. The van der Waals surface area contributed by atoms with E-state index in [0.29, 0.717) is 0 Å².